The first kappa shape index (κ1) is 13.3. The van der Waals surface area contributed by atoms with Crippen molar-refractivity contribution in [1.82, 2.24) is 19.7 Å². The zero-order valence-electron chi connectivity index (χ0n) is 11.2. The summed E-state index contributed by atoms with van der Waals surface area (Å²) in [6, 6.07) is 2.91. The molecule has 0 fully saturated rings. The fourth-order valence-electron chi connectivity index (χ4n) is 2.08. The molecule has 0 aromatic carbocycles. The van der Waals surface area contributed by atoms with Crippen molar-refractivity contribution in [2.24, 2.45) is 4.99 Å². The van der Waals surface area contributed by atoms with Crippen LogP contribution in [0.1, 0.15) is 11.3 Å². The summed E-state index contributed by atoms with van der Waals surface area (Å²) in [4.78, 5) is 11.6. The van der Waals surface area contributed by atoms with Crippen LogP contribution in [0.2, 0.25) is 0 Å². The molecule has 0 aliphatic carbocycles. The number of hydrogen-bond donors (Lipinski definition) is 0. The maximum Gasteiger partial charge on any atom is 0.158 e. The molecule has 106 valence electrons. The highest BCUT2D eigenvalue weighted by Crippen LogP contribution is 2.18. The Labute approximate surface area is 119 Å². The Bertz CT molecular complexity index is 825. The number of aromatic nitrogens is 4. The van der Waals surface area contributed by atoms with Gasteiger partial charge in [0, 0.05) is 25.0 Å². The second-order valence-electron chi connectivity index (χ2n) is 4.42. The van der Waals surface area contributed by atoms with Crippen molar-refractivity contribution in [3.8, 4) is 0 Å². The van der Waals surface area contributed by atoms with Crippen molar-refractivity contribution in [3.63, 3.8) is 0 Å². The standard InChI is InChI=1S/C14H11F2N5/c1-17-7-13-11-4-10(15)5-19-14(11)21(20-13)8-9-2-3-18-6-12(9)16/h2-7H,8H2,1H3/b17-7-. The van der Waals surface area contributed by atoms with Crippen LogP contribution in [0.4, 0.5) is 8.78 Å². The van der Waals surface area contributed by atoms with E-state index in [1.165, 1.54) is 23.2 Å². The maximum atomic E-state index is 13.7. The van der Waals surface area contributed by atoms with Gasteiger partial charge in [0.2, 0.25) is 0 Å². The van der Waals surface area contributed by atoms with E-state index in [1.807, 2.05) is 0 Å². The van der Waals surface area contributed by atoms with E-state index in [2.05, 4.69) is 20.1 Å². The van der Waals surface area contributed by atoms with Gasteiger partial charge in [0.05, 0.1) is 24.3 Å². The van der Waals surface area contributed by atoms with Crippen LogP contribution in [0.3, 0.4) is 0 Å². The van der Waals surface area contributed by atoms with Gasteiger partial charge in [-0.3, -0.25) is 9.98 Å². The lowest BCUT2D eigenvalue weighted by atomic mass is 10.2. The molecule has 0 N–H and O–H groups in total. The van der Waals surface area contributed by atoms with E-state index in [-0.39, 0.29) is 6.54 Å². The van der Waals surface area contributed by atoms with Gasteiger partial charge < -0.3 is 0 Å². The van der Waals surface area contributed by atoms with E-state index < -0.39 is 11.6 Å². The maximum absolute atomic E-state index is 13.7. The van der Waals surface area contributed by atoms with Crippen molar-refractivity contribution >= 4 is 17.2 Å². The lowest BCUT2D eigenvalue weighted by molar-refractivity contribution is 0.582. The normalized spacial score (nSPS) is 11.6. The predicted octanol–water partition coefficient (Wildman–Crippen LogP) is 2.20. The third kappa shape index (κ3) is 2.49. The molecule has 0 radical (unpaired) electrons. The Kier molecular flexibility index (Phi) is 3.39. The lowest BCUT2D eigenvalue weighted by Crippen LogP contribution is -2.05. The van der Waals surface area contributed by atoms with Gasteiger partial charge in [-0.2, -0.15) is 5.10 Å². The van der Waals surface area contributed by atoms with Crippen LogP contribution < -0.4 is 0 Å². The summed E-state index contributed by atoms with van der Waals surface area (Å²) in [5.74, 6) is -0.878. The monoisotopic (exact) mass is 287 g/mol. The fraction of sp³-hybridized carbons (Fsp3) is 0.143. The molecule has 0 amide bonds. The van der Waals surface area contributed by atoms with E-state index in [0.717, 1.165) is 12.4 Å². The predicted molar refractivity (Wildman–Crippen MR) is 74.3 cm³/mol. The first-order valence-electron chi connectivity index (χ1n) is 6.21. The lowest BCUT2D eigenvalue weighted by Gasteiger charge is -2.03. The topological polar surface area (TPSA) is 56.0 Å². The van der Waals surface area contributed by atoms with Gasteiger partial charge in [-0.05, 0) is 12.1 Å². The van der Waals surface area contributed by atoms with Crippen LogP contribution >= 0.6 is 0 Å². The molecule has 0 unspecified atom stereocenters. The van der Waals surface area contributed by atoms with Gasteiger partial charge in [-0.25, -0.2) is 18.4 Å². The second kappa shape index (κ2) is 5.35. The summed E-state index contributed by atoms with van der Waals surface area (Å²) in [5, 5.41) is 4.84. The third-order valence-corrected chi connectivity index (χ3v) is 3.01. The highest BCUT2D eigenvalue weighted by molar-refractivity contribution is 5.95. The minimum absolute atomic E-state index is 0.182. The fourth-order valence-corrected chi connectivity index (χ4v) is 2.08. The first-order chi connectivity index (χ1) is 10.2. The molecule has 0 saturated carbocycles. The highest BCUT2D eigenvalue weighted by Gasteiger charge is 2.13. The van der Waals surface area contributed by atoms with Gasteiger partial charge in [0.1, 0.15) is 17.3 Å². The zero-order valence-corrected chi connectivity index (χ0v) is 11.2. The van der Waals surface area contributed by atoms with Crippen LogP contribution in [-0.2, 0) is 6.54 Å². The van der Waals surface area contributed by atoms with Crippen LogP contribution in [-0.4, -0.2) is 33.0 Å². The van der Waals surface area contributed by atoms with Crippen molar-refractivity contribution in [1.29, 1.82) is 0 Å². The van der Waals surface area contributed by atoms with Gasteiger partial charge in [-0.15, -0.1) is 0 Å². The van der Waals surface area contributed by atoms with Gasteiger partial charge in [0.15, 0.2) is 5.65 Å². The Balaban J connectivity index is 2.13. The van der Waals surface area contributed by atoms with E-state index in [1.54, 1.807) is 13.1 Å². The largest absolute Gasteiger partial charge is 0.294 e. The minimum Gasteiger partial charge on any atom is -0.294 e. The molecule has 3 aromatic heterocycles. The van der Waals surface area contributed by atoms with Gasteiger partial charge in [0.25, 0.3) is 0 Å². The molecular weight excluding hydrogens is 276 g/mol. The van der Waals surface area contributed by atoms with E-state index in [4.69, 9.17) is 0 Å². The summed E-state index contributed by atoms with van der Waals surface area (Å²) in [6.07, 6.45) is 5.27. The van der Waals surface area contributed by atoms with E-state index in [9.17, 15) is 8.78 Å². The molecule has 0 bridgehead atoms. The molecule has 5 nitrogen and oxygen atoms in total. The van der Waals surface area contributed by atoms with Crippen LogP contribution in [0.15, 0.2) is 35.7 Å². The molecule has 0 aliphatic heterocycles. The quantitative estimate of drug-likeness (QED) is 0.694. The Morgan fingerprint density at radius 3 is 2.95 bits per heavy atom. The van der Waals surface area contributed by atoms with Crippen LogP contribution in [0, 0.1) is 11.6 Å². The van der Waals surface area contributed by atoms with Crippen molar-refractivity contribution in [2.75, 3.05) is 7.05 Å². The molecule has 0 spiro atoms. The molecule has 3 heterocycles. The molecule has 3 aromatic rings. The first-order valence-corrected chi connectivity index (χ1v) is 6.21. The Hall–Kier alpha value is -2.70. The summed E-state index contributed by atoms with van der Waals surface area (Å²) in [6.45, 7) is 0.182. The number of fused-ring (bicyclic) bond motifs is 1. The smallest absolute Gasteiger partial charge is 0.158 e. The number of aliphatic imine (C=N–C) groups is 1. The molecule has 0 atom stereocenters. The molecular formula is C14H11F2N5. The van der Waals surface area contributed by atoms with E-state index in [0.29, 0.717) is 22.3 Å². The third-order valence-electron chi connectivity index (χ3n) is 3.01. The van der Waals surface area contributed by atoms with Crippen molar-refractivity contribution < 1.29 is 8.78 Å². The second-order valence-corrected chi connectivity index (χ2v) is 4.42. The highest BCUT2D eigenvalue weighted by atomic mass is 19.1. The average molecular weight is 287 g/mol. The minimum atomic E-state index is -0.456. The SMILES string of the molecule is C/N=C\c1nn(Cc2ccncc2F)c2ncc(F)cc12. The van der Waals surface area contributed by atoms with Crippen molar-refractivity contribution in [3.05, 3.63) is 53.6 Å². The summed E-state index contributed by atoms with van der Waals surface area (Å²) in [5.41, 5.74) is 1.40. The number of halogens is 2. The molecule has 0 aliphatic rings. The van der Waals surface area contributed by atoms with Gasteiger partial charge in [-0.1, -0.05) is 0 Å². The van der Waals surface area contributed by atoms with Gasteiger partial charge >= 0.3 is 0 Å². The summed E-state index contributed by atoms with van der Waals surface area (Å²) < 4.78 is 28.5. The number of rotatable bonds is 3. The number of nitrogens with zero attached hydrogens (tertiary/aromatic N) is 5. The molecule has 7 heteroatoms. The molecule has 21 heavy (non-hydrogen) atoms. The summed E-state index contributed by atoms with van der Waals surface area (Å²) >= 11 is 0. The number of hydrogen-bond acceptors (Lipinski definition) is 4. The van der Waals surface area contributed by atoms with Crippen LogP contribution in [0.5, 0.6) is 0 Å². The number of pyridine rings is 2. The Morgan fingerprint density at radius 2 is 2.19 bits per heavy atom. The zero-order chi connectivity index (χ0) is 14.8. The average Bonchev–Trinajstić information content (AvgIpc) is 2.79. The summed E-state index contributed by atoms with van der Waals surface area (Å²) in [7, 11) is 1.60. The molecule has 0 saturated heterocycles. The van der Waals surface area contributed by atoms with Crippen molar-refractivity contribution in [2.45, 2.75) is 6.54 Å². The van der Waals surface area contributed by atoms with E-state index >= 15 is 0 Å². The Morgan fingerprint density at radius 1 is 1.33 bits per heavy atom. The van der Waals surface area contributed by atoms with Crippen LogP contribution in [0.25, 0.3) is 11.0 Å². The molecule has 3 rings (SSSR count).